The predicted molar refractivity (Wildman–Crippen MR) is 86.6 cm³/mol. The Balaban J connectivity index is 1.74. The highest BCUT2D eigenvalue weighted by Crippen LogP contribution is 2.33. The molecule has 1 aliphatic carbocycles. The predicted octanol–water partition coefficient (Wildman–Crippen LogP) is 2.42. The second-order valence-corrected chi connectivity index (χ2v) is 6.71. The van der Waals surface area contributed by atoms with E-state index >= 15 is 0 Å². The average molecular weight is 301 g/mol. The van der Waals surface area contributed by atoms with Crippen LogP contribution in [0.4, 0.5) is 11.4 Å². The number of hydrogen-bond donors (Lipinski definition) is 3. The molecule has 4 N–H and O–H groups in total. The molecule has 2 aliphatic rings. The third-order valence-corrected chi connectivity index (χ3v) is 4.84. The Morgan fingerprint density at radius 3 is 2.95 bits per heavy atom. The molecule has 0 spiro atoms. The van der Waals surface area contributed by atoms with Crippen molar-refractivity contribution in [2.45, 2.75) is 51.0 Å². The number of anilines is 2. The van der Waals surface area contributed by atoms with Gasteiger partial charge in [-0.3, -0.25) is 9.59 Å². The fourth-order valence-corrected chi connectivity index (χ4v) is 3.47. The molecule has 0 saturated heterocycles. The normalized spacial score (nSPS) is 27.7. The van der Waals surface area contributed by atoms with Crippen molar-refractivity contribution in [1.29, 1.82) is 0 Å². The van der Waals surface area contributed by atoms with Crippen molar-refractivity contribution in [3.8, 4) is 0 Å². The molecular weight excluding hydrogens is 278 g/mol. The van der Waals surface area contributed by atoms with Gasteiger partial charge in [-0.05, 0) is 43.9 Å². The number of rotatable bonds is 2. The zero-order valence-electron chi connectivity index (χ0n) is 12.9. The minimum atomic E-state index is -0.440. The van der Waals surface area contributed by atoms with Crippen LogP contribution in [0.3, 0.4) is 0 Å². The zero-order valence-corrected chi connectivity index (χ0v) is 12.9. The molecule has 5 nitrogen and oxygen atoms in total. The first-order valence-electron chi connectivity index (χ1n) is 7.98. The zero-order chi connectivity index (χ0) is 15.7. The number of aryl methyl sites for hydroxylation is 1. The van der Waals surface area contributed by atoms with E-state index in [1.807, 2.05) is 25.1 Å². The van der Waals surface area contributed by atoms with Crippen molar-refractivity contribution in [3.63, 3.8) is 0 Å². The summed E-state index contributed by atoms with van der Waals surface area (Å²) in [6.45, 7) is 1.96. The summed E-state index contributed by atoms with van der Waals surface area (Å²) in [6.07, 6.45) is 5.11. The molecule has 1 fully saturated rings. The van der Waals surface area contributed by atoms with E-state index < -0.39 is 5.54 Å². The molecular formula is C17H23N3O2. The standard InChI is InChI=1S/C17H23N3O2/c1-17(18)9-3-2-4-13(17)16(22)19-12-7-5-11-6-8-15(21)20-14(11)10-12/h5,7,10,13H,2-4,6,8-9,18H2,1H3,(H,19,22)(H,20,21). The molecule has 1 aliphatic heterocycles. The van der Waals surface area contributed by atoms with E-state index in [0.29, 0.717) is 12.1 Å². The van der Waals surface area contributed by atoms with Gasteiger partial charge in [0, 0.05) is 23.3 Å². The molecule has 1 heterocycles. The van der Waals surface area contributed by atoms with E-state index in [9.17, 15) is 9.59 Å². The van der Waals surface area contributed by atoms with E-state index in [0.717, 1.165) is 43.4 Å². The van der Waals surface area contributed by atoms with Crippen molar-refractivity contribution in [2.24, 2.45) is 11.7 Å². The summed E-state index contributed by atoms with van der Waals surface area (Å²) in [6, 6.07) is 5.69. The number of hydrogen-bond acceptors (Lipinski definition) is 3. The number of carbonyl (C=O) groups is 2. The molecule has 1 aromatic rings. The Morgan fingerprint density at radius 1 is 1.36 bits per heavy atom. The maximum absolute atomic E-state index is 12.5. The largest absolute Gasteiger partial charge is 0.326 e. The van der Waals surface area contributed by atoms with Crippen LogP contribution in [0.1, 0.15) is 44.6 Å². The minimum absolute atomic E-state index is 0.0215. The lowest BCUT2D eigenvalue weighted by Crippen LogP contribution is -2.51. The van der Waals surface area contributed by atoms with E-state index in [-0.39, 0.29) is 17.7 Å². The highest BCUT2D eigenvalue weighted by Gasteiger charge is 2.37. The molecule has 3 rings (SSSR count). The summed E-state index contributed by atoms with van der Waals surface area (Å²) in [5.74, 6) is -0.156. The summed E-state index contributed by atoms with van der Waals surface area (Å²) < 4.78 is 0. The number of carbonyl (C=O) groups excluding carboxylic acids is 2. The van der Waals surface area contributed by atoms with Gasteiger partial charge in [-0.2, -0.15) is 0 Å². The van der Waals surface area contributed by atoms with Crippen molar-refractivity contribution in [1.82, 2.24) is 0 Å². The van der Waals surface area contributed by atoms with Gasteiger partial charge in [0.1, 0.15) is 0 Å². The quantitative estimate of drug-likeness (QED) is 0.784. The summed E-state index contributed by atoms with van der Waals surface area (Å²) in [4.78, 5) is 24.0. The van der Waals surface area contributed by atoms with Gasteiger partial charge in [-0.25, -0.2) is 0 Å². The average Bonchev–Trinajstić information content (AvgIpc) is 2.46. The smallest absolute Gasteiger partial charge is 0.229 e. The van der Waals surface area contributed by atoms with Crippen LogP contribution in [-0.4, -0.2) is 17.4 Å². The van der Waals surface area contributed by atoms with E-state index in [1.54, 1.807) is 0 Å². The van der Waals surface area contributed by atoms with Gasteiger partial charge < -0.3 is 16.4 Å². The summed E-state index contributed by atoms with van der Waals surface area (Å²) in [5.41, 5.74) is 8.47. The molecule has 0 radical (unpaired) electrons. The minimum Gasteiger partial charge on any atom is -0.326 e. The number of amides is 2. The summed E-state index contributed by atoms with van der Waals surface area (Å²) in [5, 5.41) is 5.82. The lowest BCUT2D eigenvalue weighted by atomic mass is 9.74. The molecule has 0 bridgehead atoms. The first-order valence-corrected chi connectivity index (χ1v) is 7.98. The second-order valence-electron chi connectivity index (χ2n) is 6.71. The van der Waals surface area contributed by atoms with Crippen LogP contribution in [0.5, 0.6) is 0 Å². The second kappa shape index (κ2) is 5.72. The van der Waals surface area contributed by atoms with Gasteiger partial charge in [0.05, 0.1) is 5.92 Å². The maximum Gasteiger partial charge on any atom is 0.229 e. The number of benzene rings is 1. The van der Waals surface area contributed by atoms with Crippen molar-refractivity contribution in [3.05, 3.63) is 23.8 Å². The van der Waals surface area contributed by atoms with Crippen molar-refractivity contribution >= 4 is 23.2 Å². The highest BCUT2D eigenvalue weighted by atomic mass is 16.2. The number of nitrogens with one attached hydrogen (secondary N) is 2. The van der Waals surface area contributed by atoms with Gasteiger partial charge in [-0.15, -0.1) is 0 Å². The number of nitrogens with two attached hydrogens (primary N) is 1. The van der Waals surface area contributed by atoms with Gasteiger partial charge >= 0.3 is 0 Å². The van der Waals surface area contributed by atoms with Crippen molar-refractivity contribution < 1.29 is 9.59 Å². The molecule has 2 atom stereocenters. The van der Waals surface area contributed by atoms with Crippen LogP contribution in [0.15, 0.2) is 18.2 Å². The van der Waals surface area contributed by atoms with Crippen LogP contribution in [0.2, 0.25) is 0 Å². The lowest BCUT2D eigenvalue weighted by Gasteiger charge is -2.37. The van der Waals surface area contributed by atoms with Crippen LogP contribution in [-0.2, 0) is 16.0 Å². The Morgan fingerprint density at radius 2 is 2.18 bits per heavy atom. The van der Waals surface area contributed by atoms with E-state index in [1.165, 1.54) is 0 Å². The Bertz CT molecular complexity index is 610. The molecule has 2 unspecified atom stereocenters. The van der Waals surface area contributed by atoms with E-state index in [2.05, 4.69) is 10.6 Å². The highest BCUT2D eigenvalue weighted by molar-refractivity contribution is 5.97. The van der Waals surface area contributed by atoms with Crippen molar-refractivity contribution in [2.75, 3.05) is 10.6 Å². The summed E-state index contributed by atoms with van der Waals surface area (Å²) in [7, 11) is 0. The molecule has 118 valence electrons. The molecule has 2 amide bonds. The van der Waals surface area contributed by atoms with Gasteiger partial charge in [0.15, 0.2) is 0 Å². The van der Waals surface area contributed by atoms with E-state index in [4.69, 9.17) is 5.73 Å². The fraction of sp³-hybridized carbons (Fsp3) is 0.529. The SMILES string of the molecule is CC1(N)CCCCC1C(=O)Nc1ccc2c(c1)NC(=O)CC2. The molecule has 0 aromatic heterocycles. The molecule has 5 heteroatoms. The van der Waals surface area contributed by atoms with Crippen LogP contribution >= 0.6 is 0 Å². The third-order valence-electron chi connectivity index (χ3n) is 4.84. The van der Waals surface area contributed by atoms with Gasteiger partial charge in [0.2, 0.25) is 11.8 Å². The van der Waals surface area contributed by atoms with Gasteiger partial charge in [-0.1, -0.05) is 18.9 Å². The van der Waals surface area contributed by atoms with Crippen LogP contribution in [0.25, 0.3) is 0 Å². The Hall–Kier alpha value is -1.88. The molecule has 22 heavy (non-hydrogen) atoms. The Labute approximate surface area is 130 Å². The number of fused-ring (bicyclic) bond motifs is 1. The maximum atomic E-state index is 12.5. The lowest BCUT2D eigenvalue weighted by molar-refractivity contribution is -0.122. The van der Waals surface area contributed by atoms with Gasteiger partial charge in [0.25, 0.3) is 0 Å². The van der Waals surface area contributed by atoms with Crippen LogP contribution in [0, 0.1) is 5.92 Å². The monoisotopic (exact) mass is 301 g/mol. The third kappa shape index (κ3) is 2.99. The molecule has 1 saturated carbocycles. The fourth-order valence-electron chi connectivity index (χ4n) is 3.47. The summed E-state index contributed by atoms with van der Waals surface area (Å²) >= 11 is 0. The first kappa shape index (κ1) is 15.0. The molecule has 1 aromatic carbocycles. The van der Waals surface area contributed by atoms with Crippen LogP contribution < -0.4 is 16.4 Å². The first-order chi connectivity index (χ1) is 10.5. The topological polar surface area (TPSA) is 84.2 Å². The Kier molecular flexibility index (Phi) is 3.91.